The van der Waals surface area contributed by atoms with E-state index < -0.39 is 5.41 Å². The molecule has 0 aromatic rings. The van der Waals surface area contributed by atoms with Crippen LogP contribution in [-0.4, -0.2) is 29.5 Å². The van der Waals surface area contributed by atoms with Crippen molar-refractivity contribution in [3.8, 4) is 0 Å². The number of nitrogens with one attached hydrogen (secondary N) is 1. The number of rotatable bonds is 4. The molecule has 1 rings (SSSR count). The van der Waals surface area contributed by atoms with Crippen molar-refractivity contribution in [3.63, 3.8) is 0 Å². The number of hydrogen-bond donors (Lipinski definition) is 2. The Hall–Kier alpha value is -0.280. The second-order valence-electron chi connectivity index (χ2n) is 5.06. The van der Waals surface area contributed by atoms with E-state index in [0.29, 0.717) is 18.3 Å². The molecule has 2 unspecified atom stereocenters. The fourth-order valence-electron chi connectivity index (χ4n) is 1.77. The lowest BCUT2D eigenvalue weighted by molar-refractivity contribution is -0.128. The van der Waals surface area contributed by atoms with Gasteiger partial charge in [0.05, 0.1) is 11.5 Å². The first-order valence-electron chi connectivity index (χ1n) is 5.48. The largest absolute Gasteiger partial charge is 0.393 e. The summed E-state index contributed by atoms with van der Waals surface area (Å²) in [6.07, 6.45) is 2.50. The van der Waals surface area contributed by atoms with Gasteiger partial charge in [0.2, 0.25) is 5.91 Å². The third-order valence-electron chi connectivity index (χ3n) is 3.01. The van der Waals surface area contributed by atoms with Crippen molar-refractivity contribution in [2.24, 2.45) is 11.3 Å². The first-order chi connectivity index (χ1) is 6.95. The van der Waals surface area contributed by atoms with Gasteiger partial charge in [-0.25, -0.2) is 0 Å². The normalized spacial score (nSPS) is 26.7. The van der Waals surface area contributed by atoms with Crippen LogP contribution in [0.5, 0.6) is 0 Å². The maximum atomic E-state index is 11.7. The fraction of sp³-hybridized carbons (Fsp3) is 0.909. The first-order valence-corrected chi connectivity index (χ1v) is 6.01. The molecule has 1 aliphatic carbocycles. The molecular weight excluding hydrogens is 214 g/mol. The highest BCUT2D eigenvalue weighted by atomic mass is 35.5. The van der Waals surface area contributed by atoms with Gasteiger partial charge in [-0.15, -0.1) is 11.6 Å². The highest BCUT2D eigenvalue weighted by Crippen LogP contribution is 2.25. The van der Waals surface area contributed by atoms with Gasteiger partial charge >= 0.3 is 0 Å². The molecule has 88 valence electrons. The van der Waals surface area contributed by atoms with E-state index in [9.17, 15) is 9.90 Å². The minimum absolute atomic E-state index is 0.00103. The molecule has 3 nitrogen and oxygen atoms in total. The summed E-state index contributed by atoms with van der Waals surface area (Å²) in [5, 5.41) is 12.2. The predicted molar refractivity (Wildman–Crippen MR) is 60.9 cm³/mol. The number of carbonyl (C=O) groups is 1. The summed E-state index contributed by atoms with van der Waals surface area (Å²) in [6.45, 7) is 4.33. The monoisotopic (exact) mass is 233 g/mol. The highest BCUT2D eigenvalue weighted by Gasteiger charge is 2.28. The zero-order valence-corrected chi connectivity index (χ0v) is 10.2. The van der Waals surface area contributed by atoms with Crippen LogP contribution in [0, 0.1) is 11.3 Å². The Morgan fingerprint density at radius 2 is 2.20 bits per heavy atom. The minimum Gasteiger partial charge on any atom is -0.393 e. The lowest BCUT2D eigenvalue weighted by atomic mass is 9.95. The molecule has 2 atom stereocenters. The van der Waals surface area contributed by atoms with E-state index in [4.69, 9.17) is 11.6 Å². The molecular formula is C11H20ClNO2. The van der Waals surface area contributed by atoms with Crippen molar-refractivity contribution < 1.29 is 9.90 Å². The van der Waals surface area contributed by atoms with Crippen LogP contribution < -0.4 is 5.32 Å². The molecule has 0 bridgehead atoms. The van der Waals surface area contributed by atoms with Crippen LogP contribution in [0.1, 0.15) is 33.1 Å². The van der Waals surface area contributed by atoms with Gasteiger partial charge in [0.25, 0.3) is 0 Å². The van der Waals surface area contributed by atoms with Gasteiger partial charge in [-0.1, -0.05) is 0 Å². The number of aliphatic hydroxyl groups is 1. The molecule has 0 saturated heterocycles. The molecule has 2 N–H and O–H groups in total. The number of hydrogen-bond acceptors (Lipinski definition) is 2. The summed E-state index contributed by atoms with van der Waals surface area (Å²) in [7, 11) is 0. The topological polar surface area (TPSA) is 49.3 Å². The Bertz CT molecular complexity index is 231. The van der Waals surface area contributed by atoms with E-state index in [2.05, 4.69) is 5.32 Å². The quantitative estimate of drug-likeness (QED) is 0.724. The van der Waals surface area contributed by atoms with Crippen LogP contribution in [-0.2, 0) is 4.79 Å². The van der Waals surface area contributed by atoms with Crippen LogP contribution in [0.3, 0.4) is 0 Å². The number of amides is 1. The van der Waals surface area contributed by atoms with Crippen LogP contribution in [0.4, 0.5) is 0 Å². The molecule has 1 saturated carbocycles. The zero-order valence-electron chi connectivity index (χ0n) is 9.42. The van der Waals surface area contributed by atoms with Crippen molar-refractivity contribution in [1.29, 1.82) is 0 Å². The Morgan fingerprint density at radius 3 is 2.67 bits per heavy atom. The fourth-order valence-corrected chi connectivity index (χ4v) is 1.89. The van der Waals surface area contributed by atoms with E-state index in [-0.39, 0.29) is 12.0 Å². The van der Waals surface area contributed by atoms with E-state index in [1.807, 2.05) is 13.8 Å². The molecule has 1 aliphatic rings. The number of aliphatic hydroxyl groups excluding tert-OH is 1. The average molecular weight is 234 g/mol. The van der Waals surface area contributed by atoms with Crippen molar-refractivity contribution in [3.05, 3.63) is 0 Å². The summed E-state index contributed by atoms with van der Waals surface area (Å²) in [4.78, 5) is 11.7. The highest BCUT2D eigenvalue weighted by molar-refractivity contribution is 6.19. The van der Waals surface area contributed by atoms with E-state index >= 15 is 0 Å². The summed E-state index contributed by atoms with van der Waals surface area (Å²) < 4.78 is 0. The number of halogens is 1. The van der Waals surface area contributed by atoms with Crippen LogP contribution >= 0.6 is 11.6 Å². The molecule has 0 heterocycles. The van der Waals surface area contributed by atoms with Gasteiger partial charge in [0, 0.05) is 12.4 Å². The van der Waals surface area contributed by atoms with Crippen LogP contribution in [0.15, 0.2) is 0 Å². The summed E-state index contributed by atoms with van der Waals surface area (Å²) in [5.74, 6) is 0.750. The summed E-state index contributed by atoms with van der Waals surface area (Å²) in [6, 6.07) is 0. The van der Waals surface area contributed by atoms with Crippen LogP contribution in [0.2, 0.25) is 0 Å². The smallest absolute Gasteiger partial charge is 0.226 e. The van der Waals surface area contributed by atoms with Gasteiger partial charge < -0.3 is 10.4 Å². The molecule has 0 aromatic carbocycles. The van der Waals surface area contributed by atoms with Crippen molar-refractivity contribution in [2.45, 2.75) is 39.2 Å². The molecule has 0 radical (unpaired) electrons. The lowest BCUT2D eigenvalue weighted by Crippen LogP contribution is -2.40. The average Bonchev–Trinajstić information content (AvgIpc) is 2.60. The molecule has 1 amide bonds. The standard InChI is InChI=1S/C11H20ClNO2/c1-11(2,7-12)10(15)13-6-8-3-4-9(14)5-8/h8-9,14H,3-7H2,1-2H3,(H,13,15). The van der Waals surface area contributed by atoms with Crippen molar-refractivity contribution in [1.82, 2.24) is 5.32 Å². The Morgan fingerprint density at radius 1 is 1.53 bits per heavy atom. The second-order valence-corrected chi connectivity index (χ2v) is 5.33. The number of alkyl halides is 1. The molecule has 4 heteroatoms. The molecule has 0 aromatic heterocycles. The second kappa shape index (κ2) is 5.17. The molecule has 0 spiro atoms. The first kappa shape index (κ1) is 12.8. The summed E-state index contributed by atoms with van der Waals surface area (Å²) in [5.41, 5.74) is -0.501. The Labute approximate surface area is 96.2 Å². The van der Waals surface area contributed by atoms with Gasteiger partial charge in [-0.05, 0) is 39.0 Å². The third kappa shape index (κ3) is 3.65. The third-order valence-corrected chi connectivity index (χ3v) is 3.68. The Balaban J connectivity index is 2.28. The van der Waals surface area contributed by atoms with E-state index in [1.54, 1.807) is 0 Å². The summed E-state index contributed by atoms with van der Waals surface area (Å²) >= 11 is 5.71. The lowest BCUT2D eigenvalue weighted by Gasteiger charge is -2.21. The maximum absolute atomic E-state index is 11.7. The zero-order chi connectivity index (χ0) is 11.5. The Kier molecular flexibility index (Phi) is 4.41. The SMILES string of the molecule is CC(C)(CCl)C(=O)NCC1CCC(O)C1. The van der Waals surface area contributed by atoms with Gasteiger partial charge in [-0.2, -0.15) is 0 Å². The van der Waals surface area contributed by atoms with Gasteiger partial charge in [-0.3, -0.25) is 4.79 Å². The van der Waals surface area contributed by atoms with E-state index in [0.717, 1.165) is 19.3 Å². The van der Waals surface area contributed by atoms with Crippen LogP contribution in [0.25, 0.3) is 0 Å². The minimum atomic E-state index is -0.501. The van der Waals surface area contributed by atoms with Crippen molar-refractivity contribution in [2.75, 3.05) is 12.4 Å². The van der Waals surface area contributed by atoms with Gasteiger partial charge in [0.15, 0.2) is 0 Å². The number of carbonyl (C=O) groups excluding carboxylic acids is 1. The molecule has 0 aliphatic heterocycles. The van der Waals surface area contributed by atoms with E-state index in [1.165, 1.54) is 0 Å². The van der Waals surface area contributed by atoms with Crippen molar-refractivity contribution >= 4 is 17.5 Å². The van der Waals surface area contributed by atoms with Gasteiger partial charge in [0.1, 0.15) is 0 Å². The maximum Gasteiger partial charge on any atom is 0.226 e. The predicted octanol–water partition coefficient (Wildman–Crippen LogP) is 1.53. The molecule has 1 fully saturated rings. The molecule has 15 heavy (non-hydrogen) atoms.